The summed E-state index contributed by atoms with van der Waals surface area (Å²) in [4.78, 5) is 0. The molecule has 1 aliphatic rings. The van der Waals surface area contributed by atoms with Gasteiger partial charge in [-0.2, -0.15) is 5.26 Å². The SMILES string of the molecule is N#Cc1ccccc1COc1cc2c(cc1CO)OCO2. The first kappa shape index (κ1) is 13.3. The third-order valence-corrected chi connectivity index (χ3v) is 3.25. The second kappa shape index (κ2) is 5.73. The number of rotatable bonds is 4. The molecule has 2 aromatic rings. The van der Waals surface area contributed by atoms with Crippen LogP contribution in [0.15, 0.2) is 36.4 Å². The molecule has 21 heavy (non-hydrogen) atoms. The molecule has 1 heterocycles. The number of aliphatic hydroxyl groups excluding tert-OH is 1. The first-order valence-electron chi connectivity index (χ1n) is 6.46. The van der Waals surface area contributed by atoms with E-state index in [0.29, 0.717) is 28.4 Å². The van der Waals surface area contributed by atoms with Gasteiger partial charge in [-0.25, -0.2) is 0 Å². The maximum atomic E-state index is 9.42. The van der Waals surface area contributed by atoms with E-state index in [4.69, 9.17) is 19.5 Å². The summed E-state index contributed by atoms with van der Waals surface area (Å²) in [6, 6.07) is 12.8. The van der Waals surface area contributed by atoms with Crippen molar-refractivity contribution in [2.75, 3.05) is 6.79 Å². The number of hydrogen-bond donors (Lipinski definition) is 1. The molecule has 0 amide bonds. The molecule has 5 heteroatoms. The number of aliphatic hydroxyl groups is 1. The Labute approximate surface area is 121 Å². The average Bonchev–Trinajstić information content (AvgIpc) is 2.99. The Hall–Kier alpha value is -2.71. The van der Waals surface area contributed by atoms with Crippen LogP contribution >= 0.6 is 0 Å². The minimum Gasteiger partial charge on any atom is -0.488 e. The summed E-state index contributed by atoms with van der Waals surface area (Å²) in [5.41, 5.74) is 1.99. The second-order valence-electron chi connectivity index (χ2n) is 4.53. The van der Waals surface area contributed by atoms with E-state index in [-0.39, 0.29) is 20.0 Å². The number of nitrogens with zero attached hydrogens (tertiary/aromatic N) is 1. The van der Waals surface area contributed by atoms with Gasteiger partial charge in [0, 0.05) is 17.2 Å². The van der Waals surface area contributed by atoms with Crippen LogP contribution in [-0.4, -0.2) is 11.9 Å². The second-order valence-corrected chi connectivity index (χ2v) is 4.53. The van der Waals surface area contributed by atoms with Crippen molar-refractivity contribution < 1.29 is 19.3 Å². The molecule has 0 spiro atoms. The fourth-order valence-corrected chi connectivity index (χ4v) is 2.13. The van der Waals surface area contributed by atoms with Gasteiger partial charge in [0.1, 0.15) is 12.4 Å². The molecule has 0 aromatic heterocycles. The van der Waals surface area contributed by atoms with E-state index in [1.54, 1.807) is 18.2 Å². The zero-order valence-electron chi connectivity index (χ0n) is 11.2. The van der Waals surface area contributed by atoms with Crippen molar-refractivity contribution in [3.05, 3.63) is 53.1 Å². The Kier molecular flexibility index (Phi) is 3.63. The molecule has 0 saturated carbocycles. The maximum Gasteiger partial charge on any atom is 0.231 e. The lowest BCUT2D eigenvalue weighted by molar-refractivity contribution is 0.173. The molecule has 0 radical (unpaired) electrons. The van der Waals surface area contributed by atoms with Crippen molar-refractivity contribution in [3.8, 4) is 23.3 Å². The van der Waals surface area contributed by atoms with Gasteiger partial charge in [-0.1, -0.05) is 18.2 Å². The summed E-state index contributed by atoms with van der Waals surface area (Å²) in [6.45, 7) is 0.253. The van der Waals surface area contributed by atoms with E-state index in [2.05, 4.69) is 6.07 Å². The Balaban J connectivity index is 1.84. The monoisotopic (exact) mass is 283 g/mol. The van der Waals surface area contributed by atoms with Crippen LogP contribution in [0.1, 0.15) is 16.7 Å². The van der Waals surface area contributed by atoms with Crippen molar-refractivity contribution in [3.63, 3.8) is 0 Å². The van der Waals surface area contributed by atoms with Gasteiger partial charge >= 0.3 is 0 Å². The van der Waals surface area contributed by atoms with Crippen molar-refractivity contribution in [2.24, 2.45) is 0 Å². The predicted octanol–water partition coefficient (Wildman–Crippen LogP) is 2.36. The van der Waals surface area contributed by atoms with E-state index in [1.807, 2.05) is 18.2 Å². The maximum absolute atomic E-state index is 9.42. The average molecular weight is 283 g/mol. The van der Waals surface area contributed by atoms with Crippen LogP contribution in [0.5, 0.6) is 17.2 Å². The zero-order valence-corrected chi connectivity index (χ0v) is 11.2. The third-order valence-electron chi connectivity index (χ3n) is 3.25. The smallest absolute Gasteiger partial charge is 0.231 e. The number of ether oxygens (including phenoxy) is 3. The molecule has 1 aliphatic heterocycles. The number of fused-ring (bicyclic) bond motifs is 1. The van der Waals surface area contributed by atoms with Crippen LogP contribution < -0.4 is 14.2 Å². The van der Waals surface area contributed by atoms with Gasteiger partial charge in [-0.15, -0.1) is 0 Å². The molecule has 0 atom stereocenters. The highest BCUT2D eigenvalue weighted by Gasteiger charge is 2.18. The summed E-state index contributed by atoms with van der Waals surface area (Å²) < 4.78 is 16.3. The lowest BCUT2D eigenvalue weighted by Crippen LogP contribution is -2.01. The first-order chi connectivity index (χ1) is 10.3. The highest BCUT2D eigenvalue weighted by molar-refractivity contribution is 5.51. The van der Waals surface area contributed by atoms with Crippen LogP contribution in [0.25, 0.3) is 0 Å². The Morgan fingerprint density at radius 1 is 1.14 bits per heavy atom. The van der Waals surface area contributed by atoms with Gasteiger partial charge in [0.25, 0.3) is 0 Å². The molecule has 0 bridgehead atoms. The molecular weight excluding hydrogens is 270 g/mol. The number of benzene rings is 2. The van der Waals surface area contributed by atoms with Gasteiger partial charge < -0.3 is 19.3 Å². The van der Waals surface area contributed by atoms with E-state index in [0.717, 1.165) is 5.56 Å². The molecule has 0 aliphatic carbocycles. The quantitative estimate of drug-likeness (QED) is 0.932. The van der Waals surface area contributed by atoms with Crippen LogP contribution in [0.2, 0.25) is 0 Å². The van der Waals surface area contributed by atoms with Gasteiger partial charge in [0.05, 0.1) is 18.2 Å². The van der Waals surface area contributed by atoms with Crippen LogP contribution in [0.4, 0.5) is 0 Å². The van der Waals surface area contributed by atoms with E-state index in [9.17, 15) is 5.11 Å². The first-order valence-corrected chi connectivity index (χ1v) is 6.46. The lowest BCUT2D eigenvalue weighted by atomic mass is 10.1. The summed E-state index contributed by atoms with van der Waals surface area (Å²) in [5, 5.41) is 18.5. The van der Waals surface area contributed by atoms with Crippen LogP contribution in [0, 0.1) is 11.3 Å². The lowest BCUT2D eigenvalue weighted by Gasteiger charge is -2.12. The fraction of sp³-hybridized carbons (Fsp3) is 0.188. The van der Waals surface area contributed by atoms with Crippen molar-refractivity contribution >= 4 is 0 Å². The summed E-state index contributed by atoms with van der Waals surface area (Å²) >= 11 is 0. The van der Waals surface area contributed by atoms with Gasteiger partial charge in [0.2, 0.25) is 6.79 Å². The molecule has 5 nitrogen and oxygen atoms in total. The minimum atomic E-state index is -0.161. The Morgan fingerprint density at radius 2 is 1.90 bits per heavy atom. The third kappa shape index (κ3) is 2.62. The standard InChI is InChI=1S/C16H13NO4/c17-7-11-3-1-2-4-12(11)9-19-14-6-16-15(20-10-21-16)5-13(14)8-18/h1-6,18H,8-10H2. The van der Waals surface area contributed by atoms with E-state index in [1.165, 1.54) is 0 Å². The molecule has 0 fully saturated rings. The molecule has 0 saturated heterocycles. The molecular formula is C16H13NO4. The van der Waals surface area contributed by atoms with Crippen LogP contribution in [0.3, 0.4) is 0 Å². The normalized spacial score (nSPS) is 12.0. The molecule has 3 rings (SSSR count). The molecule has 106 valence electrons. The predicted molar refractivity (Wildman–Crippen MR) is 74.0 cm³/mol. The highest BCUT2D eigenvalue weighted by Crippen LogP contribution is 2.38. The number of hydrogen-bond acceptors (Lipinski definition) is 5. The summed E-state index contributed by atoms with van der Waals surface area (Å²) in [6.07, 6.45) is 0. The van der Waals surface area contributed by atoms with E-state index < -0.39 is 0 Å². The number of nitriles is 1. The van der Waals surface area contributed by atoms with Gasteiger partial charge in [0.15, 0.2) is 11.5 Å². The van der Waals surface area contributed by atoms with E-state index >= 15 is 0 Å². The largest absolute Gasteiger partial charge is 0.488 e. The van der Waals surface area contributed by atoms with Crippen LogP contribution in [-0.2, 0) is 13.2 Å². The molecule has 0 unspecified atom stereocenters. The van der Waals surface area contributed by atoms with Crippen molar-refractivity contribution in [1.82, 2.24) is 0 Å². The fourth-order valence-electron chi connectivity index (χ4n) is 2.13. The summed E-state index contributed by atoms with van der Waals surface area (Å²) in [5.74, 6) is 1.72. The molecule has 2 aromatic carbocycles. The highest BCUT2D eigenvalue weighted by atomic mass is 16.7. The van der Waals surface area contributed by atoms with Crippen molar-refractivity contribution in [1.29, 1.82) is 5.26 Å². The Bertz CT molecular complexity index is 706. The minimum absolute atomic E-state index is 0.161. The topological polar surface area (TPSA) is 71.7 Å². The summed E-state index contributed by atoms with van der Waals surface area (Å²) in [7, 11) is 0. The molecule has 1 N–H and O–H groups in total. The van der Waals surface area contributed by atoms with Gasteiger partial charge in [-0.3, -0.25) is 0 Å². The zero-order chi connectivity index (χ0) is 14.7. The Morgan fingerprint density at radius 3 is 2.67 bits per heavy atom. The van der Waals surface area contributed by atoms with Gasteiger partial charge in [-0.05, 0) is 12.1 Å². The van der Waals surface area contributed by atoms with Crippen molar-refractivity contribution in [2.45, 2.75) is 13.2 Å².